The molecular weight excluding hydrogens is 448 g/mol. The first-order valence-electron chi connectivity index (χ1n) is 7.62. The van der Waals surface area contributed by atoms with E-state index in [2.05, 4.69) is 0 Å². The fourth-order valence-electron chi connectivity index (χ4n) is 3.61. The molecule has 10 nitrogen and oxygen atoms in total. The number of aromatic hydroxyl groups is 1. The van der Waals surface area contributed by atoms with Gasteiger partial charge in [-0.05, 0) is 16.8 Å². The quantitative estimate of drug-likeness (QED) is 0.262. The van der Waals surface area contributed by atoms with Crippen molar-refractivity contribution in [1.82, 2.24) is 0 Å². The van der Waals surface area contributed by atoms with E-state index in [4.69, 9.17) is 0 Å². The smallest absolute Gasteiger partial charge is 0.298 e. The highest BCUT2D eigenvalue weighted by Gasteiger charge is 2.32. The Morgan fingerprint density at radius 1 is 0.552 bits per heavy atom. The Hall–Kier alpha value is -2.55. The number of rotatable bonds is 3. The average molecular weight is 458 g/mol. The predicted molar refractivity (Wildman–Crippen MR) is 101 cm³/mol. The van der Waals surface area contributed by atoms with Crippen LogP contribution in [-0.4, -0.2) is 44.0 Å². The maximum Gasteiger partial charge on any atom is 0.298 e. The number of phenolic OH excluding ortho intramolecular Hbond substituents is 1. The third-order valence-corrected chi connectivity index (χ3v) is 7.36. The molecule has 0 aliphatic rings. The second-order valence-corrected chi connectivity index (χ2v) is 10.3. The van der Waals surface area contributed by atoms with Gasteiger partial charge in [0.05, 0.1) is 0 Å². The van der Waals surface area contributed by atoms with Crippen LogP contribution in [0.4, 0.5) is 0 Å². The van der Waals surface area contributed by atoms with E-state index in [1.165, 1.54) is 18.2 Å². The lowest BCUT2D eigenvalue weighted by Crippen LogP contribution is -2.07. The fourth-order valence-corrected chi connectivity index (χ4v) is 5.95. The molecule has 29 heavy (non-hydrogen) atoms. The average Bonchev–Trinajstić information content (AvgIpc) is 2.55. The third kappa shape index (κ3) is 2.82. The van der Waals surface area contributed by atoms with Gasteiger partial charge < -0.3 is 5.11 Å². The number of hydrogen-bond acceptors (Lipinski definition) is 7. The Bertz CT molecular complexity index is 1610. The van der Waals surface area contributed by atoms with E-state index < -0.39 is 50.8 Å². The molecule has 0 fully saturated rings. The summed E-state index contributed by atoms with van der Waals surface area (Å²) in [5.41, 5.74) is 0. The normalized spacial score (nSPS) is 13.6. The Morgan fingerprint density at radius 2 is 1.00 bits per heavy atom. The molecule has 0 unspecified atom stereocenters. The zero-order chi connectivity index (χ0) is 21.5. The van der Waals surface area contributed by atoms with Crippen molar-refractivity contribution in [3.8, 4) is 5.75 Å². The summed E-state index contributed by atoms with van der Waals surface area (Å²) in [7, 11) is -15.0. The zero-order valence-electron chi connectivity index (χ0n) is 13.9. The second kappa shape index (κ2) is 5.75. The number of hydrogen-bond donors (Lipinski definition) is 4. The van der Waals surface area contributed by atoms with Crippen LogP contribution in [0.3, 0.4) is 0 Å². The summed E-state index contributed by atoms with van der Waals surface area (Å²) in [6, 6.07) is 7.16. The van der Waals surface area contributed by atoms with Gasteiger partial charge in [0.25, 0.3) is 30.4 Å². The van der Waals surface area contributed by atoms with Gasteiger partial charge in [0.15, 0.2) is 5.75 Å². The lowest BCUT2D eigenvalue weighted by molar-refractivity contribution is 0.427. The molecule has 0 aliphatic heterocycles. The van der Waals surface area contributed by atoms with Gasteiger partial charge in [0.2, 0.25) is 0 Å². The van der Waals surface area contributed by atoms with Crippen LogP contribution >= 0.6 is 0 Å². The van der Waals surface area contributed by atoms with Crippen LogP contribution in [0.25, 0.3) is 32.3 Å². The van der Waals surface area contributed by atoms with Crippen molar-refractivity contribution in [2.45, 2.75) is 14.7 Å². The first-order valence-corrected chi connectivity index (χ1v) is 11.9. The molecule has 4 aromatic carbocycles. The minimum atomic E-state index is -5.17. The highest BCUT2D eigenvalue weighted by atomic mass is 32.2. The Balaban J connectivity index is 2.48. The van der Waals surface area contributed by atoms with Crippen molar-refractivity contribution in [2.75, 3.05) is 0 Å². The molecule has 4 rings (SSSR count). The molecule has 0 heterocycles. The molecule has 0 saturated carbocycles. The van der Waals surface area contributed by atoms with Crippen LogP contribution in [0.15, 0.2) is 51.1 Å². The molecule has 152 valence electrons. The summed E-state index contributed by atoms with van der Waals surface area (Å²) in [6.45, 7) is 0. The molecule has 4 N–H and O–H groups in total. The number of benzene rings is 4. The lowest BCUT2D eigenvalue weighted by atomic mass is 9.94. The lowest BCUT2D eigenvalue weighted by Gasteiger charge is -2.17. The molecule has 0 aromatic heterocycles. The maximum atomic E-state index is 11.9. The van der Waals surface area contributed by atoms with E-state index in [9.17, 15) is 44.0 Å². The van der Waals surface area contributed by atoms with Crippen molar-refractivity contribution in [3.05, 3.63) is 36.4 Å². The van der Waals surface area contributed by atoms with E-state index in [0.717, 1.165) is 18.2 Å². The Labute approximate surface area is 163 Å². The molecule has 0 atom stereocenters. The summed E-state index contributed by atoms with van der Waals surface area (Å²) in [5, 5.41) is 9.87. The van der Waals surface area contributed by atoms with Gasteiger partial charge in [-0.1, -0.05) is 30.3 Å². The standard InChI is InChI=1S/C16H10O10S3/c17-14-15(28(21,22)23)9-3-1-7-2-6-11(27(18,19)20)8-4-5-10(13(9)12(7)8)16(14)29(24,25)26/h1-6,17H,(H,18,19,20)(H,21,22,23)(H,24,25,26). The summed E-state index contributed by atoms with van der Waals surface area (Å²) in [4.78, 5) is -2.84. The molecular formula is C16H10O10S3. The molecule has 13 heteroatoms. The van der Waals surface area contributed by atoms with Crippen LogP contribution in [0.2, 0.25) is 0 Å². The van der Waals surface area contributed by atoms with E-state index in [0.29, 0.717) is 5.39 Å². The van der Waals surface area contributed by atoms with Crippen molar-refractivity contribution in [1.29, 1.82) is 0 Å². The van der Waals surface area contributed by atoms with Crippen LogP contribution in [-0.2, 0) is 30.4 Å². The van der Waals surface area contributed by atoms with E-state index in [1.807, 2.05) is 0 Å². The largest absolute Gasteiger partial charge is 0.505 e. The summed E-state index contributed by atoms with van der Waals surface area (Å²) >= 11 is 0. The van der Waals surface area contributed by atoms with Crippen molar-refractivity contribution < 1.29 is 44.0 Å². The highest BCUT2D eigenvalue weighted by molar-refractivity contribution is 7.87. The van der Waals surface area contributed by atoms with Gasteiger partial charge in [0, 0.05) is 21.5 Å². The SMILES string of the molecule is O=S(=O)(O)c1ccc2ccc3c(S(=O)(=O)O)c(O)c(S(=O)(=O)O)c4ccc1c2c34. The Kier molecular flexibility index (Phi) is 3.91. The first kappa shape index (κ1) is 19.8. The maximum absolute atomic E-state index is 11.9. The predicted octanol–water partition coefficient (Wildman–Crippen LogP) is 2.03. The summed E-state index contributed by atoms with van der Waals surface area (Å²) < 4.78 is 99.7. The minimum Gasteiger partial charge on any atom is -0.505 e. The topological polar surface area (TPSA) is 183 Å². The molecule has 4 aromatic rings. The zero-order valence-corrected chi connectivity index (χ0v) is 16.4. The van der Waals surface area contributed by atoms with Gasteiger partial charge in [0.1, 0.15) is 14.7 Å². The van der Waals surface area contributed by atoms with Crippen LogP contribution < -0.4 is 0 Å². The van der Waals surface area contributed by atoms with Crippen molar-refractivity contribution >= 4 is 62.7 Å². The summed E-state index contributed by atoms with van der Waals surface area (Å²) in [6.07, 6.45) is 0. The van der Waals surface area contributed by atoms with Crippen LogP contribution in [0.5, 0.6) is 5.75 Å². The molecule has 0 saturated heterocycles. The van der Waals surface area contributed by atoms with Gasteiger partial charge in [-0.15, -0.1) is 0 Å². The molecule has 0 aliphatic carbocycles. The minimum absolute atomic E-state index is 0.0462. The molecule has 0 radical (unpaired) electrons. The van der Waals surface area contributed by atoms with Crippen molar-refractivity contribution in [3.63, 3.8) is 0 Å². The van der Waals surface area contributed by atoms with E-state index in [1.54, 1.807) is 0 Å². The second-order valence-electron chi connectivity index (χ2n) is 6.24. The van der Waals surface area contributed by atoms with Gasteiger partial charge in [-0.3, -0.25) is 13.7 Å². The number of phenols is 1. The molecule has 0 bridgehead atoms. The van der Waals surface area contributed by atoms with Gasteiger partial charge >= 0.3 is 0 Å². The van der Waals surface area contributed by atoms with Crippen LogP contribution in [0.1, 0.15) is 0 Å². The first-order chi connectivity index (χ1) is 13.2. The van der Waals surface area contributed by atoms with Gasteiger partial charge in [-0.25, -0.2) is 0 Å². The van der Waals surface area contributed by atoms with Crippen molar-refractivity contribution in [2.24, 2.45) is 0 Å². The monoisotopic (exact) mass is 458 g/mol. The molecule has 0 amide bonds. The summed E-state index contributed by atoms with van der Waals surface area (Å²) in [5.74, 6) is -1.38. The van der Waals surface area contributed by atoms with E-state index in [-0.39, 0.29) is 26.9 Å². The molecule has 0 spiro atoms. The fraction of sp³-hybridized carbons (Fsp3) is 0. The third-order valence-electron chi connectivity index (χ3n) is 4.59. The van der Waals surface area contributed by atoms with E-state index >= 15 is 0 Å². The van der Waals surface area contributed by atoms with Gasteiger partial charge in [-0.2, -0.15) is 25.3 Å². The highest BCUT2D eigenvalue weighted by Crippen LogP contribution is 2.46. The van der Waals surface area contributed by atoms with Crippen LogP contribution in [0, 0.1) is 0 Å². The Morgan fingerprint density at radius 3 is 1.48 bits per heavy atom.